The van der Waals surface area contributed by atoms with Crippen molar-refractivity contribution in [1.29, 1.82) is 5.26 Å². The van der Waals surface area contributed by atoms with Crippen molar-refractivity contribution in [3.63, 3.8) is 0 Å². The van der Waals surface area contributed by atoms with Gasteiger partial charge in [0, 0.05) is 11.6 Å². The van der Waals surface area contributed by atoms with Crippen LogP contribution in [0.4, 0.5) is 13.2 Å². The Balaban J connectivity index is 2.21. The van der Waals surface area contributed by atoms with Crippen LogP contribution in [0.5, 0.6) is 0 Å². The van der Waals surface area contributed by atoms with E-state index in [1.165, 1.54) is 24.3 Å². The first-order valence-electron chi connectivity index (χ1n) is 6.69. The smallest absolute Gasteiger partial charge is 0.327 e. The van der Waals surface area contributed by atoms with Crippen LogP contribution in [-0.2, 0) is 0 Å². The zero-order chi connectivity index (χ0) is 15.6. The van der Waals surface area contributed by atoms with Crippen LogP contribution in [0.1, 0.15) is 35.7 Å². The summed E-state index contributed by atoms with van der Waals surface area (Å²) in [5.74, 6) is -0.495. The van der Waals surface area contributed by atoms with E-state index in [2.05, 4.69) is 0 Å². The molecule has 21 heavy (non-hydrogen) atoms. The highest BCUT2D eigenvalue weighted by Gasteiger charge is 2.40. The minimum absolute atomic E-state index is 0.148. The molecule has 1 aromatic carbocycles. The lowest BCUT2D eigenvalue weighted by atomic mass is 10.1. The minimum atomic E-state index is -4.43. The number of hydrogen-bond acceptors (Lipinski definition) is 2. The van der Waals surface area contributed by atoms with Gasteiger partial charge in [0.15, 0.2) is 0 Å². The van der Waals surface area contributed by atoms with E-state index < -0.39 is 24.7 Å². The maximum atomic E-state index is 12.7. The van der Waals surface area contributed by atoms with Crippen molar-refractivity contribution < 1.29 is 18.0 Å². The monoisotopic (exact) mass is 296 g/mol. The minimum Gasteiger partial charge on any atom is -0.327 e. The molecule has 1 amide bonds. The maximum absolute atomic E-state index is 12.7. The number of rotatable bonds is 4. The van der Waals surface area contributed by atoms with E-state index in [0.29, 0.717) is 5.56 Å². The molecule has 2 rings (SSSR count). The zero-order valence-corrected chi connectivity index (χ0v) is 11.5. The molecule has 0 saturated heterocycles. The van der Waals surface area contributed by atoms with Gasteiger partial charge in [0.2, 0.25) is 0 Å². The molecule has 0 unspecified atom stereocenters. The molecule has 3 nitrogen and oxygen atoms in total. The molecule has 0 radical (unpaired) electrons. The molecule has 1 fully saturated rings. The summed E-state index contributed by atoms with van der Waals surface area (Å²) in [4.78, 5) is 13.2. The third-order valence-corrected chi connectivity index (χ3v) is 3.67. The number of carbonyl (C=O) groups excluding carboxylic acids is 1. The largest absolute Gasteiger partial charge is 0.406 e. The fourth-order valence-electron chi connectivity index (χ4n) is 2.28. The van der Waals surface area contributed by atoms with Crippen molar-refractivity contribution in [2.75, 3.05) is 6.54 Å². The van der Waals surface area contributed by atoms with Gasteiger partial charge in [0.1, 0.15) is 6.54 Å². The van der Waals surface area contributed by atoms with Gasteiger partial charge in [-0.2, -0.15) is 18.4 Å². The highest BCUT2D eigenvalue weighted by molar-refractivity contribution is 5.94. The number of nitrogens with zero attached hydrogens (tertiary/aromatic N) is 2. The summed E-state index contributed by atoms with van der Waals surface area (Å²) in [5.41, 5.74) is 0.537. The molecule has 1 aliphatic carbocycles. The van der Waals surface area contributed by atoms with E-state index >= 15 is 0 Å². The number of halogens is 3. The van der Waals surface area contributed by atoms with Crippen molar-refractivity contribution in [1.82, 2.24) is 4.90 Å². The first-order valence-corrected chi connectivity index (χ1v) is 6.69. The Labute approximate surface area is 121 Å². The van der Waals surface area contributed by atoms with Gasteiger partial charge in [-0.1, -0.05) is 0 Å². The molecule has 0 bridgehead atoms. The standard InChI is InChI=1S/C15H15F3N2O/c1-10(12-6-7-12)20(9-15(16,17)18)14(21)13-4-2-11(8-19)3-5-13/h2-5,10,12H,6-7,9H2,1H3/t10-/m0/s1. The number of alkyl halides is 3. The first kappa shape index (κ1) is 15.4. The number of amides is 1. The lowest BCUT2D eigenvalue weighted by molar-refractivity contribution is -0.144. The highest BCUT2D eigenvalue weighted by Crippen LogP contribution is 2.36. The molecule has 0 spiro atoms. The number of carbonyl (C=O) groups is 1. The number of hydrogen-bond donors (Lipinski definition) is 0. The number of benzene rings is 1. The molecule has 1 aliphatic rings. The fourth-order valence-corrected chi connectivity index (χ4v) is 2.28. The van der Waals surface area contributed by atoms with Gasteiger partial charge in [-0.15, -0.1) is 0 Å². The molecular formula is C15H15F3N2O. The lowest BCUT2D eigenvalue weighted by Gasteiger charge is -2.30. The first-order chi connectivity index (χ1) is 9.81. The predicted molar refractivity (Wildman–Crippen MR) is 70.4 cm³/mol. The summed E-state index contributed by atoms with van der Waals surface area (Å²) >= 11 is 0. The molecule has 1 saturated carbocycles. The van der Waals surface area contributed by atoms with Crippen LogP contribution in [0.25, 0.3) is 0 Å². The van der Waals surface area contributed by atoms with Gasteiger partial charge >= 0.3 is 6.18 Å². The quantitative estimate of drug-likeness (QED) is 0.855. The van der Waals surface area contributed by atoms with Crippen LogP contribution in [0.3, 0.4) is 0 Å². The summed E-state index contributed by atoms with van der Waals surface area (Å²) in [6.07, 6.45) is -2.71. The van der Waals surface area contributed by atoms with Crippen molar-refractivity contribution in [2.24, 2.45) is 5.92 Å². The maximum Gasteiger partial charge on any atom is 0.406 e. The molecule has 1 atom stereocenters. The zero-order valence-electron chi connectivity index (χ0n) is 11.5. The second-order valence-electron chi connectivity index (χ2n) is 5.32. The van der Waals surface area contributed by atoms with E-state index in [1.807, 2.05) is 6.07 Å². The van der Waals surface area contributed by atoms with Crippen molar-refractivity contribution >= 4 is 5.91 Å². The molecule has 0 aromatic heterocycles. The Kier molecular flexibility index (Phi) is 4.21. The third-order valence-electron chi connectivity index (χ3n) is 3.67. The van der Waals surface area contributed by atoms with E-state index in [-0.39, 0.29) is 11.5 Å². The second kappa shape index (κ2) is 5.76. The van der Waals surface area contributed by atoms with Gasteiger partial charge in [0.05, 0.1) is 11.6 Å². The topological polar surface area (TPSA) is 44.1 Å². The van der Waals surface area contributed by atoms with Crippen LogP contribution < -0.4 is 0 Å². The van der Waals surface area contributed by atoms with Gasteiger partial charge in [0.25, 0.3) is 5.91 Å². The Morgan fingerprint density at radius 2 is 1.95 bits per heavy atom. The highest BCUT2D eigenvalue weighted by atomic mass is 19.4. The summed E-state index contributed by atoms with van der Waals surface area (Å²) < 4.78 is 38.1. The average Bonchev–Trinajstić information content (AvgIpc) is 3.27. The summed E-state index contributed by atoms with van der Waals surface area (Å²) in [7, 11) is 0. The molecule has 0 N–H and O–H groups in total. The normalized spacial score (nSPS) is 16.1. The van der Waals surface area contributed by atoms with Crippen molar-refractivity contribution in [2.45, 2.75) is 32.0 Å². The molecule has 0 heterocycles. The van der Waals surface area contributed by atoms with Crippen molar-refractivity contribution in [3.8, 4) is 6.07 Å². The lowest BCUT2D eigenvalue weighted by Crippen LogP contribution is -2.45. The van der Waals surface area contributed by atoms with Gasteiger partial charge < -0.3 is 4.90 Å². The van der Waals surface area contributed by atoms with E-state index in [1.54, 1.807) is 6.92 Å². The second-order valence-corrected chi connectivity index (χ2v) is 5.32. The Bertz CT molecular complexity index is 556. The molecule has 1 aromatic rings. The van der Waals surface area contributed by atoms with Crippen LogP contribution in [0.2, 0.25) is 0 Å². The summed E-state index contributed by atoms with van der Waals surface area (Å²) in [6.45, 7) is 0.411. The fraction of sp³-hybridized carbons (Fsp3) is 0.467. The van der Waals surface area contributed by atoms with Gasteiger partial charge in [-0.25, -0.2) is 0 Å². The Morgan fingerprint density at radius 1 is 1.38 bits per heavy atom. The van der Waals surface area contributed by atoms with Crippen LogP contribution in [0, 0.1) is 17.2 Å². The van der Waals surface area contributed by atoms with E-state index in [9.17, 15) is 18.0 Å². The Morgan fingerprint density at radius 3 is 2.38 bits per heavy atom. The molecular weight excluding hydrogens is 281 g/mol. The number of nitriles is 1. The summed E-state index contributed by atoms with van der Waals surface area (Å²) in [6, 6.07) is 7.12. The van der Waals surface area contributed by atoms with E-state index in [4.69, 9.17) is 5.26 Å². The van der Waals surface area contributed by atoms with Crippen molar-refractivity contribution in [3.05, 3.63) is 35.4 Å². The van der Waals surface area contributed by atoms with Crippen LogP contribution >= 0.6 is 0 Å². The Hall–Kier alpha value is -2.03. The van der Waals surface area contributed by atoms with Gasteiger partial charge in [-0.3, -0.25) is 4.79 Å². The summed E-state index contributed by atoms with van der Waals surface area (Å²) in [5, 5.41) is 8.70. The average molecular weight is 296 g/mol. The third kappa shape index (κ3) is 3.97. The molecule has 112 valence electrons. The molecule has 0 aliphatic heterocycles. The van der Waals surface area contributed by atoms with Crippen LogP contribution in [0.15, 0.2) is 24.3 Å². The predicted octanol–water partition coefficient (Wildman–Crippen LogP) is 3.36. The molecule has 6 heteroatoms. The van der Waals surface area contributed by atoms with E-state index in [0.717, 1.165) is 17.7 Å². The van der Waals surface area contributed by atoms with Crippen LogP contribution in [-0.4, -0.2) is 29.6 Å². The van der Waals surface area contributed by atoms with Gasteiger partial charge in [-0.05, 0) is 49.9 Å². The SMILES string of the molecule is C[C@@H](C1CC1)N(CC(F)(F)F)C(=O)c1ccc(C#N)cc1.